The molecule has 21 heavy (non-hydrogen) atoms. The van der Waals surface area contributed by atoms with Crippen molar-refractivity contribution < 1.29 is 14.3 Å². The van der Waals surface area contributed by atoms with Crippen molar-refractivity contribution in [3.63, 3.8) is 0 Å². The molecule has 0 unspecified atom stereocenters. The highest BCUT2D eigenvalue weighted by molar-refractivity contribution is 6.30. The Balaban J connectivity index is 1.77. The van der Waals surface area contributed by atoms with Gasteiger partial charge in [-0.25, -0.2) is 0 Å². The molecule has 0 aliphatic carbocycles. The molecule has 0 atom stereocenters. The average molecular weight is 312 g/mol. The van der Waals surface area contributed by atoms with Gasteiger partial charge >= 0.3 is 0 Å². The summed E-state index contributed by atoms with van der Waals surface area (Å²) in [6, 6.07) is 7.13. The zero-order valence-electron chi connectivity index (χ0n) is 12.4. The molecular weight excluding hydrogens is 290 g/mol. The first-order valence-corrected chi connectivity index (χ1v) is 7.70. The van der Waals surface area contributed by atoms with Gasteiger partial charge in [0.1, 0.15) is 0 Å². The van der Waals surface area contributed by atoms with Crippen LogP contribution in [0.5, 0.6) is 0 Å². The summed E-state index contributed by atoms with van der Waals surface area (Å²) in [7, 11) is 1.67. The Morgan fingerprint density at radius 2 is 2.10 bits per heavy atom. The largest absolute Gasteiger partial charge is 0.382 e. The molecule has 5 heteroatoms. The molecule has 1 aromatic carbocycles. The molecular formula is C16H22ClNO3. The van der Waals surface area contributed by atoms with Crippen LogP contribution in [-0.2, 0) is 9.47 Å². The molecule has 116 valence electrons. The summed E-state index contributed by atoms with van der Waals surface area (Å²) in [5.74, 6) is 0.599. The van der Waals surface area contributed by atoms with E-state index in [1.807, 2.05) is 17.0 Å². The highest BCUT2D eigenvalue weighted by atomic mass is 35.5. The van der Waals surface area contributed by atoms with E-state index in [9.17, 15) is 4.79 Å². The summed E-state index contributed by atoms with van der Waals surface area (Å²) < 4.78 is 10.5. The molecule has 1 heterocycles. The van der Waals surface area contributed by atoms with E-state index in [4.69, 9.17) is 21.1 Å². The van der Waals surface area contributed by atoms with E-state index in [1.165, 1.54) is 0 Å². The monoisotopic (exact) mass is 311 g/mol. The number of benzene rings is 1. The van der Waals surface area contributed by atoms with E-state index < -0.39 is 0 Å². The highest BCUT2D eigenvalue weighted by Crippen LogP contribution is 2.20. The molecule has 1 saturated heterocycles. The van der Waals surface area contributed by atoms with E-state index in [1.54, 1.807) is 19.2 Å². The van der Waals surface area contributed by atoms with E-state index in [2.05, 4.69) is 0 Å². The Kier molecular flexibility index (Phi) is 6.49. The quantitative estimate of drug-likeness (QED) is 0.758. The van der Waals surface area contributed by atoms with Gasteiger partial charge in [-0.15, -0.1) is 0 Å². The van der Waals surface area contributed by atoms with Crippen molar-refractivity contribution >= 4 is 17.5 Å². The predicted molar refractivity (Wildman–Crippen MR) is 82.8 cm³/mol. The first kappa shape index (κ1) is 16.3. The van der Waals surface area contributed by atoms with Crippen LogP contribution in [0, 0.1) is 5.92 Å². The van der Waals surface area contributed by atoms with E-state index in [0.29, 0.717) is 29.7 Å². The van der Waals surface area contributed by atoms with Gasteiger partial charge in [-0.2, -0.15) is 0 Å². The molecule has 0 bridgehead atoms. The second-order valence-electron chi connectivity index (χ2n) is 5.31. The van der Waals surface area contributed by atoms with Gasteiger partial charge in [-0.3, -0.25) is 4.79 Å². The molecule has 1 fully saturated rings. The van der Waals surface area contributed by atoms with Crippen molar-refractivity contribution in [3.05, 3.63) is 34.9 Å². The lowest BCUT2D eigenvalue weighted by Crippen LogP contribution is -2.39. The van der Waals surface area contributed by atoms with Crippen molar-refractivity contribution in [2.75, 3.05) is 40.0 Å². The summed E-state index contributed by atoms with van der Waals surface area (Å²) in [6.45, 7) is 3.58. The molecule has 0 N–H and O–H groups in total. The van der Waals surface area contributed by atoms with Crippen LogP contribution in [0.15, 0.2) is 24.3 Å². The van der Waals surface area contributed by atoms with Crippen LogP contribution in [0.1, 0.15) is 23.2 Å². The number of methoxy groups -OCH3 is 1. The molecule has 1 aromatic rings. The van der Waals surface area contributed by atoms with Crippen molar-refractivity contribution in [1.29, 1.82) is 0 Å². The van der Waals surface area contributed by atoms with Crippen LogP contribution >= 0.6 is 11.6 Å². The van der Waals surface area contributed by atoms with Crippen molar-refractivity contribution in [2.24, 2.45) is 5.92 Å². The molecule has 1 aliphatic rings. The van der Waals surface area contributed by atoms with E-state index in [-0.39, 0.29) is 5.91 Å². The van der Waals surface area contributed by atoms with E-state index in [0.717, 1.165) is 32.5 Å². The van der Waals surface area contributed by atoms with Gasteiger partial charge in [-0.1, -0.05) is 17.7 Å². The van der Waals surface area contributed by atoms with Crippen LogP contribution in [-0.4, -0.2) is 50.8 Å². The molecule has 0 saturated carbocycles. The Labute approximate surface area is 131 Å². The summed E-state index contributed by atoms with van der Waals surface area (Å²) in [4.78, 5) is 14.3. The Morgan fingerprint density at radius 3 is 2.76 bits per heavy atom. The van der Waals surface area contributed by atoms with Crippen LogP contribution in [0.4, 0.5) is 0 Å². The van der Waals surface area contributed by atoms with Gasteiger partial charge in [0.25, 0.3) is 5.91 Å². The zero-order chi connectivity index (χ0) is 15.1. The number of piperidine rings is 1. The fourth-order valence-electron chi connectivity index (χ4n) is 2.50. The van der Waals surface area contributed by atoms with Gasteiger partial charge in [0.2, 0.25) is 0 Å². The lowest BCUT2D eigenvalue weighted by molar-refractivity contribution is 0.0327. The van der Waals surface area contributed by atoms with Crippen molar-refractivity contribution in [2.45, 2.75) is 12.8 Å². The van der Waals surface area contributed by atoms with Crippen LogP contribution in [0.25, 0.3) is 0 Å². The summed E-state index contributed by atoms with van der Waals surface area (Å²) in [5.41, 5.74) is 0.664. The number of carbonyl (C=O) groups is 1. The standard InChI is InChI=1S/C16H22ClNO3/c1-20-9-10-21-12-13-5-7-18(8-6-13)16(19)14-3-2-4-15(17)11-14/h2-4,11,13H,5-10,12H2,1H3. The van der Waals surface area contributed by atoms with Crippen molar-refractivity contribution in [1.82, 2.24) is 4.90 Å². The minimum absolute atomic E-state index is 0.0660. The molecule has 0 spiro atoms. The molecule has 0 radical (unpaired) electrons. The maximum atomic E-state index is 12.4. The van der Waals surface area contributed by atoms with Crippen LogP contribution < -0.4 is 0 Å². The van der Waals surface area contributed by atoms with Crippen molar-refractivity contribution in [3.8, 4) is 0 Å². The Morgan fingerprint density at radius 1 is 1.33 bits per heavy atom. The molecule has 1 amide bonds. The fourth-order valence-corrected chi connectivity index (χ4v) is 2.69. The number of hydrogen-bond donors (Lipinski definition) is 0. The van der Waals surface area contributed by atoms with Gasteiger partial charge < -0.3 is 14.4 Å². The first-order chi connectivity index (χ1) is 10.2. The maximum Gasteiger partial charge on any atom is 0.253 e. The number of nitrogens with zero attached hydrogens (tertiary/aromatic N) is 1. The number of likely N-dealkylation sites (tertiary alicyclic amines) is 1. The zero-order valence-corrected chi connectivity index (χ0v) is 13.1. The summed E-state index contributed by atoms with van der Waals surface area (Å²) in [5, 5.41) is 0.599. The molecule has 2 rings (SSSR count). The van der Waals surface area contributed by atoms with Gasteiger partial charge in [0.05, 0.1) is 13.2 Å². The fraction of sp³-hybridized carbons (Fsp3) is 0.562. The second kappa shape index (κ2) is 8.37. The Hall–Kier alpha value is -1.10. The molecule has 1 aliphatic heterocycles. The number of amides is 1. The van der Waals surface area contributed by atoms with Crippen LogP contribution in [0.3, 0.4) is 0 Å². The highest BCUT2D eigenvalue weighted by Gasteiger charge is 2.23. The lowest BCUT2D eigenvalue weighted by atomic mass is 9.97. The number of ether oxygens (including phenoxy) is 2. The first-order valence-electron chi connectivity index (χ1n) is 7.32. The van der Waals surface area contributed by atoms with Crippen LogP contribution in [0.2, 0.25) is 5.02 Å². The third-order valence-corrected chi connectivity index (χ3v) is 3.99. The normalized spacial score (nSPS) is 16.2. The average Bonchev–Trinajstić information content (AvgIpc) is 2.51. The third-order valence-electron chi connectivity index (χ3n) is 3.76. The lowest BCUT2D eigenvalue weighted by Gasteiger charge is -2.32. The summed E-state index contributed by atoms with van der Waals surface area (Å²) in [6.07, 6.45) is 1.97. The SMILES string of the molecule is COCCOCC1CCN(C(=O)c2cccc(Cl)c2)CC1. The molecule has 4 nitrogen and oxygen atoms in total. The third kappa shape index (κ3) is 4.99. The summed E-state index contributed by atoms with van der Waals surface area (Å²) >= 11 is 5.94. The van der Waals surface area contributed by atoms with Gasteiger partial charge in [0.15, 0.2) is 0 Å². The Bertz CT molecular complexity index is 459. The minimum Gasteiger partial charge on any atom is -0.382 e. The van der Waals surface area contributed by atoms with Gasteiger partial charge in [-0.05, 0) is 37.0 Å². The topological polar surface area (TPSA) is 38.8 Å². The minimum atomic E-state index is 0.0660. The second-order valence-corrected chi connectivity index (χ2v) is 5.75. The predicted octanol–water partition coefficient (Wildman–Crippen LogP) is 2.86. The van der Waals surface area contributed by atoms with Gasteiger partial charge in [0, 0.05) is 37.4 Å². The molecule has 0 aromatic heterocycles. The smallest absolute Gasteiger partial charge is 0.253 e. The number of hydrogen-bond acceptors (Lipinski definition) is 3. The maximum absolute atomic E-state index is 12.4. The van der Waals surface area contributed by atoms with E-state index >= 15 is 0 Å². The number of carbonyl (C=O) groups excluding carboxylic acids is 1. The number of halogens is 1. The number of rotatable bonds is 6.